The molecule has 1 saturated carbocycles. The Hall–Kier alpha value is -0.940. The molecule has 1 aromatic rings. The van der Waals surface area contributed by atoms with Gasteiger partial charge in [-0.1, -0.05) is 0 Å². The average Bonchev–Trinajstić information content (AvgIpc) is 2.72. The number of nitrogens with zero attached hydrogens (tertiary/aromatic N) is 2. The summed E-state index contributed by atoms with van der Waals surface area (Å²) in [7, 11) is 1.85. The molecule has 5 heteroatoms. The number of nitrogens with one attached hydrogen (secondary N) is 1. The van der Waals surface area contributed by atoms with E-state index in [9.17, 15) is 0 Å². The molecule has 1 aliphatic carbocycles. The number of nitrogens with two attached hydrogens (primary N) is 1. The van der Waals surface area contributed by atoms with Gasteiger partial charge < -0.3 is 15.5 Å². The van der Waals surface area contributed by atoms with E-state index in [4.69, 9.17) is 10.2 Å². The SMILES string of the molecule is CNC(C)c1nnc(C2(N)CC2)o1. The second-order valence-electron chi connectivity index (χ2n) is 3.61. The van der Waals surface area contributed by atoms with Crippen molar-refractivity contribution >= 4 is 0 Å². The molecule has 1 unspecified atom stereocenters. The molecule has 72 valence electrons. The molecule has 0 amide bonds. The van der Waals surface area contributed by atoms with Crippen molar-refractivity contribution in [1.29, 1.82) is 0 Å². The fraction of sp³-hybridized carbons (Fsp3) is 0.750. The lowest BCUT2D eigenvalue weighted by atomic mass is 10.3. The zero-order chi connectivity index (χ0) is 9.47. The van der Waals surface area contributed by atoms with E-state index in [1.54, 1.807) is 0 Å². The van der Waals surface area contributed by atoms with Crippen molar-refractivity contribution in [2.45, 2.75) is 31.3 Å². The Labute approximate surface area is 76.7 Å². The second-order valence-corrected chi connectivity index (χ2v) is 3.61. The Morgan fingerprint density at radius 2 is 2.23 bits per heavy atom. The van der Waals surface area contributed by atoms with Gasteiger partial charge in [0.1, 0.15) is 0 Å². The van der Waals surface area contributed by atoms with Crippen LogP contribution in [0.4, 0.5) is 0 Å². The highest BCUT2D eigenvalue weighted by molar-refractivity contribution is 5.11. The van der Waals surface area contributed by atoms with Crippen LogP contribution in [0.3, 0.4) is 0 Å². The summed E-state index contributed by atoms with van der Waals surface area (Å²) in [5.74, 6) is 1.18. The summed E-state index contributed by atoms with van der Waals surface area (Å²) in [6, 6.07) is 0.0867. The van der Waals surface area contributed by atoms with Crippen LogP contribution < -0.4 is 11.1 Å². The zero-order valence-electron chi connectivity index (χ0n) is 7.87. The van der Waals surface area contributed by atoms with Crippen LogP contribution in [0.15, 0.2) is 4.42 Å². The zero-order valence-corrected chi connectivity index (χ0v) is 7.87. The van der Waals surface area contributed by atoms with Crippen LogP contribution in [0.1, 0.15) is 37.6 Å². The molecule has 0 aromatic carbocycles. The van der Waals surface area contributed by atoms with E-state index in [1.165, 1.54) is 0 Å². The van der Waals surface area contributed by atoms with Crippen LogP contribution in [0, 0.1) is 0 Å². The molecule has 1 aromatic heterocycles. The van der Waals surface area contributed by atoms with Gasteiger partial charge in [-0.2, -0.15) is 0 Å². The third-order valence-electron chi connectivity index (χ3n) is 2.46. The predicted molar refractivity (Wildman–Crippen MR) is 46.9 cm³/mol. The highest BCUT2D eigenvalue weighted by Crippen LogP contribution is 2.41. The molecule has 0 spiro atoms. The van der Waals surface area contributed by atoms with Gasteiger partial charge in [0, 0.05) is 0 Å². The third-order valence-corrected chi connectivity index (χ3v) is 2.46. The molecule has 0 bridgehead atoms. The molecular weight excluding hydrogens is 168 g/mol. The largest absolute Gasteiger partial charge is 0.422 e. The van der Waals surface area contributed by atoms with Crippen molar-refractivity contribution in [1.82, 2.24) is 15.5 Å². The molecule has 0 aliphatic heterocycles. The van der Waals surface area contributed by atoms with Gasteiger partial charge in [-0.25, -0.2) is 0 Å². The minimum absolute atomic E-state index is 0.0867. The first kappa shape index (κ1) is 8.65. The number of hydrogen-bond donors (Lipinski definition) is 2. The Morgan fingerprint density at radius 3 is 2.77 bits per heavy atom. The van der Waals surface area contributed by atoms with Crippen LogP contribution in [-0.2, 0) is 5.54 Å². The molecule has 3 N–H and O–H groups in total. The lowest BCUT2D eigenvalue weighted by molar-refractivity contribution is 0.378. The molecule has 2 rings (SSSR count). The third kappa shape index (κ3) is 1.45. The molecule has 5 nitrogen and oxygen atoms in total. The van der Waals surface area contributed by atoms with Crippen molar-refractivity contribution in [2.75, 3.05) is 7.05 Å². The average molecular weight is 182 g/mol. The molecular formula is C8H14N4O. The molecule has 1 aliphatic rings. The summed E-state index contributed by atoms with van der Waals surface area (Å²) in [5.41, 5.74) is 5.59. The van der Waals surface area contributed by atoms with Crippen LogP contribution >= 0.6 is 0 Å². The fourth-order valence-electron chi connectivity index (χ4n) is 1.08. The maximum Gasteiger partial charge on any atom is 0.236 e. The lowest BCUT2D eigenvalue weighted by Gasteiger charge is -2.03. The van der Waals surface area contributed by atoms with Gasteiger partial charge in [0.25, 0.3) is 0 Å². The summed E-state index contributed by atoms with van der Waals surface area (Å²) in [4.78, 5) is 0. The van der Waals surface area contributed by atoms with E-state index in [0.29, 0.717) is 11.8 Å². The van der Waals surface area contributed by atoms with E-state index >= 15 is 0 Å². The van der Waals surface area contributed by atoms with Crippen molar-refractivity contribution in [2.24, 2.45) is 5.73 Å². The van der Waals surface area contributed by atoms with Crippen LogP contribution in [0.25, 0.3) is 0 Å². The van der Waals surface area contributed by atoms with Gasteiger partial charge >= 0.3 is 0 Å². The van der Waals surface area contributed by atoms with E-state index < -0.39 is 0 Å². The van der Waals surface area contributed by atoms with E-state index in [0.717, 1.165) is 12.8 Å². The summed E-state index contributed by atoms with van der Waals surface area (Å²) in [5, 5.41) is 10.9. The number of aromatic nitrogens is 2. The first-order valence-electron chi connectivity index (χ1n) is 4.46. The molecule has 1 heterocycles. The minimum Gasteiger partial charge on any atom is -0.422 e. The van der Waals surface area contributed by atoms with Crippen LogP contribution in [0.2, 0.25) is 0 Å². The summed E-state index contributed by atoms with van der Waals surface area (Å²) in [6.07, 6.45) is 1.89. The molecule has 13 heavy (non-hydrogen) atoms. The quantitative estimate of drug-likeness (QED) is 0.703. The first-order valence-corrected chi connectivity index (χ1v) is 4.46. The van der Waals surface area contributed by atoms with E-state index in [2.05, 4.69) is 15.5 Å². The van der Waals surface area contributed by atoms with Gasteiger partial charge in [-0.15, -0.1) is 10.2 Å². The fourth-order valence-corrected chi connectivity index (χ4v) is 1.08. The molecule has 1 fully saturated rings. The summed E-state index contributed by atoms with van der Waals surface area (Å²) < 4.78 is 5.45. The van der Waals surface area contributed by atoms with E-state index in [1.807, 2.05) is 14.0 Å². The number of rotatable bonds is 3. The summed E-state index contributed by atoms with van der Waals surface area (Å²) in [6.45, 7) is 1.97. The first-order chi connectivity index (χ1) is 6.15. The Kier molecular flexibility index (Phi) is 1.85. The summed E-state index contributed by atoms with van der Waals surface area (Å²) >= 11 is 0. The number of hydrogen-bond acceptors (Lipinski definition) is 5. The maximum atomic E-state index is 5.91. The van der Waals surface area contributed by atoms with E-state index in [-0.39, 0.29) is 11.6 Å². The second kappa shape index (κ2) is 2.78. The minimum atomic E-state index is -0.321. The van der Waals surface area contributed by atoms with Crippen molar-refractivity contribution in [3.63, 3.8) is 0 Å². The molecule has 0 saturated heterocycles. The Balaban J connectivity index is 2.18. The smallest absolute Gasteiger partial charge is 0.236 e. The topological polar surface area (TPSA) is 77.0 Å². The predicted octanol–water partition coefficient (Wildman–Crippen LogP) is 0.298. The van der Waals surface area contributed by atoms with Gasteiger partial charge in [0.15, 0.2) is 0 Å². The maximum absolute atomic E-state index is 5.91. The molecule has 1 atom stereocenters. The van der Waals surface area contributed by atoms with Gasteiger partial charge in [0.2, 0.25) is 11.8 Å². The Bertz CT molecular complexity index is 305. The van der Waals surface area contributed by atoms with Crippen LogP contribution in [-0.4, -0.2) is 17.2 Å². The monoisotopic (exact) mass is 182 g/mol. The van der Waals surface area contributed by atoms with Crippen LogP contribution in [0.5, 0.6) is 0 Å². The Morgan fingerprint density at radius 1 is 1.54 bits per heavy atom. The molecule has 0 radical (unpaired) electrons. The van der Waals surface area contributed by atoms with Gasteiger partial charge in [-0.05, 0) is 26.8 Å². The highest BCUT2D eigenvalue weighted by Gasteiger charge is 2.45. The van der Waals surface area contributed by atoms with Gasteiger partial charge in [0.05, 0.1) is 11.6 Å². The standard InChI is InChI=1S/C8H14N4O/c1-5(10-2)6-11-12-7(13-6)8(9)3-4-8/h5,10H,3-4,9H2,1-2H3. The van der Waals surface area contributed by atoms with Gasteiger partial charge in [-0.3, -0.25) is 0 Å². The van der Waals surface area contributed by atoms with Crippen molar-refractivity contribution in [3.05, 3.63) is 11.8 Å². The van der Waals surface area contributed by atoms with Crippen molar-refractivity contribution < 1.29 is 4.42 Å². The lowest BCUT2D eigenvalue weighted by Crippen LogP contribution is -2.19. The highest BCUT2D eigenvalue weighted by atomic mass is 16.4. The van der Waals surface area contributed by atoms with Crippen molar-refractivity contribution in [3.8, 4) is 0 Å². The normalized spacial score (nSPS) is 21.5.